The van der Waals surface area contributed by atoms with Gasteiger partial charge in [0.2, 0.25) is 0 Å². The maximum absolute atomic E-state index is 4.69. The van der Waals surface area contributed by atoms with Crippen molar-refractivity contribution in [1.82, 2.24) is 29.5 Å². The fourth-order valence-corrected chi connectivity index (χ4v) is 2.71. The third kappa shape index (κ3) is 4.19. The van der Waals surface area contributed by atoms with Gasteiger partial charge in [-0.05, 0) is 18.7 Å². The molecule has 0 aliphatic rings. The fourth-order valence-electron chi connectivity index (χ4n) is 2.32. The number of aromatic nitrogens is 6. The minimum atomic E-state index is 0.549. The van der Waals surface area contributed by atoms with Crippen LogP contribution < -0.4 is 0 Å². The van der Waals surface area contributed by atoms with Crippen molar-refractivity contribution in [2.45, 2.75) is 26.4 Å². The van der Waals surface area contributed by atoms with Crippen LogP contribution in [0, 0.1) is 6.92 Å². The van der Waals surface area contributed by atoms with Crippen molar-refractivity contribution in [3.63, 3.8) is 0 Å². The van der Waals surface area contributed by atoms with Crippen molar-refractivity contribution in [2.75, 3.05) is 12.0 Å². The average molecular weight is 328 g/mol. The third-order valence-corrected chi connectivity index (χ3v) is 4.16. The highest BCUT2D eigenvalue weighted by Gasteiger charge is 2.11. The van der Waals surface area contributed by atoms with Gasteiger partial charge in [0.15, 0.2) is 5.82 Å². The summed E-state index contributed by atoms with van der Waals surface area (Å²) in [6.07, 6.45) is 6.23. The average Bonchev–Trinajstić information content (AvgIpc) is 3.18. The molecule has 0 aliphatic carbocycles. The van der Waals surface area contributed by atoms with Crippen LogP contribution in [0.4, 0.5) is 0 Å². The first-order valence-corrected chi connectivity index (χ1v) is 8.93. The van der Waals surface area contributed by atoms with E-state index in [9.17, 15) is 0 Å². The molecule has 0 saturated heterocycles. The third-order valence-electron chi connectivity index (χ3n) is 3.54. The highest BCUT2D eigenvalue weighted by molar-refractivity contribution is 7.98. The van der Waals surface area contributed by atoms with Gasteiger partial charge >= 0.3 is 0 Å². The van der Waals surface area contributed by atoms with Gasteiger partial charge in [0.1, 0.15) is 25.0 Å². The highest BCUT2D eigenvalue weighted by atomic mass is 32.2. The van der Waals surface area contributed by atoms with Crippen LogP contribution in [0.25, 0.3) is 0 Å². The van der Waals surface area contributed by atoms with Gasteiger partial charge in [-0.25, -0.2) is 19.3 Å². The van der Waals surface area contributed by atoms with E-state index in [0.29, 0.717) is 6.54 Å². The van der Waals surface area contributed by atoms with Gasteiger partial charge in [0, 0.05) is 12.2 Å². The first-order chi connectivity index (χ1) is 11.2. The number of hydrogen-bond acceptors (Lipinski definition) is 5. The standard InChI is InChI=1S/C16H20N6S/c1-13-3-5-14(6-4-13)9-22-16(7-8-23-2)19-15(20-22)10-21-12-17-11-18-21/h3-6,11-12H,7-10H2,1-2H3. The molecule has 0 fully saturated rings. The quantitative estimate of drug-likeness (QED) is 0.665. The topological polar surface area (TPSA) is 61.4 Å². The molecule has 0 atom stereocenters. The van der Waals surface area contributed by atoms with Gasteiger partial charge in [-0.3, -0.25) is 0 Å². The molecular formula is C16H20N6S. The summed E-state index contributed by atoms with van der Waals surface area (Å²) in [4.78, 5) is 8.65. The minimum Gasteiger partial charge on any atom is -0.245 e. The molecule has 0 radical (unpaired) electrons. The Hall–Kier alpha value is -2.15. The Morgan fingerprint density at radius 3 is 2.65 bits per heavy atom. The molecular weight excluding hydrogens is 308 g/mol. The van der Waals surface area contributed by atoms with Crippen LogP contribution in [0.1, 0.15) is 22.8 Å². The predicted octanol–water partition coefficient (Wildman–Crippen LogP) is 2.18. The molecule has 0 saturated carbocycles. The van der Waals surface area contributed by atoms with Crippen molar-refractivity contribution in [3.8, 4) is 0 Å². The van der Waals surface area contributed by atoms with Gasteiger partial charge in [0.25, 0.3) is 0 Å². The van der Waals surface area contributed by atoms with Crippen LogP contribution in [-0.4, -0.2) is 41.5 Å². The lowest BCUT2D eigenvalue weighted by atomic mass is 10.1. The molecule has 6 nitrogen and oxygen atoms in total. The molecule has 0 bridgehead atoms. The van der Waals surface area contributed by atoms with E-state index in [0.717, 1.165) is 30.4 Å². The molecule has 0 unspecified atom stereocenters. The molecule has 3 rings (SSSR count). The fraction of sp³-hybridized carbons (Fsp3) is 0.375. The van der Waals surface area contributed by atoms with Crippen LogP contribution >= 0.6 is 11.8 Å². The van der Waals surface area contributed by atoms with Crippen molar-refractivity contribution in [3.05, 3.63) is 59.7 Å². The van der Waals surface area contributed by atoms with Gasteiger partial charge < -0.3 is 0 Å². The molecule has 0 aliphatic heterocycles. The predicted molar refractivity (Wildman–Crippen MR) is 91.5 cm³/mol. The summed E-state index contributed by atoms with van der Waals surface area (Å²) in [5.41, 5.74) is 2.50. The van der Waals surface area contributed by atoms with E-state index in [4.69, 9.17) is 0 Å². The smallest absolute Gasteiger partial charge is 0.172 e. The second kappa shape index (κ2) is 7.41. The van der Waals surface area contributed by atoms with Crippen LogP contribution in [0.2, 0.25) is 0 Å². The number of benzene rings is 1. The largest absolute Gasteiger partial charge is 0.245 e. The molecule has 2 aromatic heterocycles. The maximum Gasteiger partial charge on any atom is 0.172 e. The Kier molecular flexibility index (Phi) is 5.07. The molecule has 0 N–H and O–H groups in total. The van der Waals surface area contributed by atoms with Crippen molar-refractivity contribution in [1.29, 1.82) is 0 Å². The Morgan fingerprint density at radius 2 is 1.96 bits per heavy atom. The zero-order valence-electron chi connectivity index (χ0n) is 13.4. The molecule has 0 spiro atoms. The van der Waals surface area contributed by atoms with E-state index < -0.39 is 0 Å². The zero-order valence-corrected chi connectivity index (χ0v) is 14.2. The maximum atomic E-state index is 4.69. The van der Waals surface area contributed by atoms with Gasteiger partial charge in [-0.1, -0.05) is 29.8 Å². The summed E-state index contributed by atoms with van der Waals surface area (Å²) in [5, 5.41) is 8.78. The summed E-state index contributed by atoms with van der Waals surface area (Å²) in [6.45, 7) is 3.39. The first kappa shape index (κ1) is 15.7. The zero-order chi connectivity index (χ0) is 16.1. The van der Waals surface area contributed by atoms with Gasteiger partial charge in [-0.15, -0.1) is 0 Å². The minimum absolute atomic E-state index is 0.549. The molecule has 3 aromatic rings. The second-order valence-corrected chi connectivity index (χ2v) is 6.41. The Labute approximate surface area is 140 Å². The SMILES string of the molecule is CSCCc1nc(Cn2cncn2)nn1Cc1ccc(C)cc1. The monoisotopic (exact) mass is 328 g/mol. The molecule has 2 heterocycles. The number of rotatable bonds is 7. The van der Waals surface area contributed by atoms with E-state index in [1.54, 1.807) is 11.0 Å². The van der Waals surface area contributed by atoms with Crippen molar-refractivity contribution >= 4 is 11.8 Å². The summed E-state index contributed by atoms with van der Waals surface area (Å²) in [6, 6.07) is 8.55. The summed E-state index contributed by atoms with van der Waals surface area (Å²) < 4.78 is 3.75. The number of nitrogens with zero attached hydrogens (tertiary/aromatic N) is 6. The highest BCUT2D eigenvalue weighted by Crippen LogP contribution is 2.10. The van der Waals surface area contributed by atoms with E-state index >= 15 is 0 Å². The normalized spacial score (nSPS) is 11.0. The van der Waals surface area contributed by atoms with E-state index in [-0.39, 0.29) is 0 Å². The molecule has 120 valence electrons. The molecule has 0 amide bonds. The van der Waals surface area contributed by atoms with Crippen LogP contribution in [0.5, 0.6) is 0 Å². The summed E-state index contributed by atoms with van der Waals surface area (Å²) >= 11 is 1.82. The summed E-state index contributed by atoms with van der Waals surface area (Å²) in [7, 11) is 0. The lowest BCUT2D eigenvalue weighted by Crippen LogP contribution is -2.08. The van der Waals surface area contributed by atoms with Crippen LogP contribution in [0.15, 0.2) is 36.9 Å². The molecule has 1 aromatic carbocycles. The number of hydrogen-bond donors (Lipinski definition) is 0. The van der Waals surface area contributed by atoms with E-state index in [2.05, 4.69) is 57.6 Å². The van der Waals surface area contributed by atoms with Gasteiger partial charge in [0.05, 0.1) is 6.54 Å². The van der Waals surface area contributed by atoms with Gasteiger partial charge in [-0.2, -0.15) is 22.0 Å². The molecule has 7 heteroatoms. The lowest BCUT2D eigenvalue weighted by molar-refractivity contribution is 0.613. The van der Waals surface area contributed by atoms with Crippen molar-refractivity contribution in [2.24, 2.45) is 0 Å². The Morgan fingerprint density at radius 1 is 1.13 bits per heavy atom. The van der Waals surface area contributed by atoms with Crippen molar-refractivity contribution < 1.29 is 0 Å². The Balaban J connectivity index is 1.80. The first-order valence-electron chi connectivity index (χ1n) is 7.54. The molecule has 23 heavy (non-hydrogen) atoms. The lowest BCUT2D eigenvalue weighted by Gasteiger charge is -2.06. The van der Waals surface area contributed by atoms with Crippen LogP contribution in [-0.2, 0) is 19.5 Å². The second-order valence-electron chi connectivity index (χ2n) is 5.42. The van der Waals surface area contributed by atoms with E-state index in [1.165, 1.54) is 17.5 Å². The Bertz CT molecular complexity index is 733. The van der Waals surface area contributed by atoms with Crippen LogP contribution in [0.3, 0.4) is 0 Å². The number of thioether (sulfide) groups is 1. The number of aryl methyl sites for hydroxylation is 2. The van der Waals surface area contributed by atoms with E-state index in [1.807, 2.05) is 16.4 Å². The summed E-state index contributed by atoms with van der Waals surface area (Å²) in [5.74, 6) is 2.84.